The number of oxime groups is 1. The molecule has 0 spiro atoms. The first kappa shape index (κ1) is 20.8. The monoisotopic (exact) mass is 454 g/mol. The topological polar surface area (TPSA) is 78.3 Å². The number of pyridine rings is 1. The molecule has 30 heavy (non-hydrogen) atoms. The zero-order valence-electron chi connectivity index (χ0n) is 15.7. The van der Waals surface area contributed by atoms with Crippen molar-refractivity contribution in [1.29, 1.82) is 0 Å². The molecule has 1 unspecified atom stereocenters. The number of alkyl halides is 2. The molecule has 7 nitrogen and oxygen atoms in total. The minimum atomic E-state index is -3.08. The van der Waals surface area contributed by atoms with Crippen molar-refractivity contribution in [3.05, 3.63) is 58.0 Å². The fraction of sp³-hybridized carbons (Fsp3) is 0.316. The summed E-state index contributed by atoms with van der Waals surface area (Å²) in [5, 5.41) is 13.4. The number of hydrogen-bond acceptors (Lipinski definition) is 6. The lowest BCUT2D eigenvalue weighted by atomic mass is 10.0. The number of nitrogens with zero attached hydrogens (tertiary/aromatic N) is 4. The van der Waals surface area contributed by atoms with E-state index in [1.165, 1.54) is 18.3 Å². The van der Waals surface area contributed by atoms with Crippen LogP contribution < -0.4 is 4.90 Å². The number of fused-ring (bicyclic) bond motifs is 2. The Morgan fingerprint density at radius 3 is 2.60 bits per heavy atom. The summed E-state index contributed by atoms with van der Waals surface area (Å²) < 4.78 is 28.4. The smallest absolute Gasteiger partial charge is 0.337 e. The van der Waals surface area contributed by atoms with Gasteiger partial charge in [-0.15, -0.1) is 0 Å². The standard InChI is InChI=1S/C19H18ClF2N4O3P/c20-15-8-11(18(27)28)10-23-17(15)26-6-4-25(5-7-26)16-13-9-12(29-24-16)2-1-3-14(13)19(21,22)30/h1-3,8,10H,4-7,9,30H2,(H,27,28). The van der Waals surface area contributed by atoms with E-state index < -0.39 is 11.6 Å². The number of hydrogen-bond donors (Lipinski definition) is 1. The van der Waals surface area contributed by atoms with Crippen LogP contribution in [-0.2, 0) is 4.84 Å². The molecular formula is C19H18ClF2N4O3P. The zero-order chi connectivity index (χ0) is 21.5. The quantitative estimate of drug-likeness (QED) is 0.704. The van der Waals surface area contributed by atoms with E-state index in [-0.39, 0.29) is 22.6 Å². The number of carboxylic acid groups (broad SMARTS) is 1. The molecule has 1 fully saturated rings. The van der Waals surface area contributed by atoms with Crippen molar-refractivity contribution in [3.8, 4) is 0 Å². The van der Waals surface area contributed by atoms with Gasteiger partial charge in [0, 0.05) is 49.9 Å². The number of aromatic nitrogens is 1. The highest BCUT2D eigenvalue weighted by atomic mass is 35.5. The molecule has 11 heteroatoms. The van der Waals surface area contributed by atoms with Gasteiger partial charge in [0.25, 0.3) is 5.66 Å². The lowest BCUT2D eigenvalue weighted by Crippen LogP contribution is -2.50. The van der Waals surface area contributed by atoms with Crippen LogP contribution in [0.4, 0.5) is 14.6 Å². The van der Waals surface area contributed by atoms with Crippen LogP contribution in [-0.4, -0.2) is 58.6 Å². The second kappa shape index (κ2) is 7.96. The molecular weight excluding hydrogens is 437 g/mol. The van der Waals surface area contributed by atoms with Crippen LogP contribution in [0.3, 0.4) is 0 Å². The van der Waals surface area contributed by atoms with Crippen molar-refractivity contribution in [2.75, 3.05) is 31.1 Å². The summed E-state index contributed by atoms with van der Waals surface area (Å²) in [6.45, 7) is 2.00. The predicted octanol–water partition coefficient (Wildman–Crippen LogP) is 3.51. The third kappa shape index (κ3) is 4.04. The van der Waals surface area contributed by atoms with E-state index >= 15 is 0 Å². The van der Waals surface area contributed by atoms with Gasteiger partial charge < -0.3 is 19.7 Å². The number of aromatic carboxylic acids is 1. The van der Waals surface area contributed by atoms with Crippen LogP contribution in [0.1, 0.15) is 16.8 Å². The van der Waals surface area contributed by atoms with Crippen molar-refractivity contribution < 1.29 is 23.5 Å². The van der Waals surface area contributed by atoms with E-state index in [9.17, 15) is 13.6 Å². The van der Waals surface area contributed by atoms with E-state index in [2.05, 4.69) is 10.1 Å². The highest BCUT2D eigenvalue weighted by Crippen LogP contribution is 2.39. The Morgan fingerprint density at radius 2 is 1.97 bits per heavy atom. The zero-order valence-corrected chi connectivity index (χ0v) is 17.6. The second-order valence-electron chi connectivity index (χ2n) is 7.00. The summed E-state index contributed by atoms with van der Waals surface area (Å²) >= 11 is 6.22. The van der Waals surface area contributed by atoms with E-state index in [1.807, 2.05) is 9.80 Å². The van der Waals surface area contributed by atoms with Gasteiger partial charge in [-0.25, -0.2) is 9.78 Å². The maximum atomic E-state index is 14.2. The van der Waals surface area contributed by atoms with Crippen molar-refractivity contribution in [3.63, 3.8) is 0 Å². The van der Waals surface area contributed by atoms with Crippen LogP contribution in [0.15, 0.2) is 52.6 Å². The van der Waals surface area contributed by atoms with Crippen molar-refractivity contribution in [2.24, 2.45) is 5.16 Å². The molecule has 1 aromatic rings. The largest absolute Gasteiger partial charge is 0.478 e. The summed E-state index contributed by atoms with van der Waals surface area (Å²) in [6.07, 6.45) is 6.08. The third-order valence-corrected chi connectivity index (χ3v) is 5.64. The highest BCUT2D eigenvalue weighted by Gasteiger charge is 2.36. The summed E-state index contributed by atoms with van der Waals surface area (Å²) in [7, 11) is 1.58. The SMILES string of the molecule is O=C(O)c1cnc(N2CCN(C3=NOC4=CC=CC(C(F)(F)P)=C3C4)CC2)c(Cl)c1. The van der Waals surface area contributed by atoms with Gasteiger partial charge in [0.15, 0.2) is 5.84 Å². The molecule has 0 amide bonds. The fourth-order valence-corrected chi connectivity index (χ4v) is 4.13. The van der Waals surface area contributed by atoms with Gasteiger partial charge in [0.1, 0.15) is 11.6 Å². The van der Waals surface area contributed by atoms with Gasteiger partial charge in [-0.05, 0) is 12.1 Å². The van der Waals surface area contributed by atoms with Crippen LogP contribution in [0, 0.1) is 0 Å². The summed E-state index contributed by atoms with van der Waals surface area (Å²) in [6, 6.07) is 1.36. The molecule has 1 aliphatic carbocycles. The Labute approximate surface area is 178 Å². The first-order chi connectivity index (χ1) is 14.2. The van der Waals surface area contributed by atoms with Gasteiger partial charge in [-0.3, -0.25) is 0 Å². The molecule has 1 atom stereocenters. The Bertz CT molecular complexity index is 1010. The molecule has 0 saturated carbocycles. The number of anilines is 1. The average molecular weight is 455 g/mol. The average Bonchev–Trinajstić information content (AvgIpc) is 2.87. The molecule has 2 aliphatic heterocycles. The molecule has 0 aromatic carbocycles. The molecule has 1 saturated heterocycles. The summed E-state index contributed by atoms with van der Waals surface area (Å²) in [5.41, 5.74) is -2.73. The number of rotatable bonds is 3. The molecule has 3 aliphatic rings. The van der Waals surface area contributed by atoms with Crippen molar-refractivity contribution in [2.45, 2.75) is 12.1 Å². The molecule has 2 bridgehead atoms. The first-order valence-corrected chi connectivity index (χ1v) is 10.1. The highest BCUT2D eigenvalue weighted by molar-refractivity contribution is 7.18. The number of allylic oxidation sites excluding steroid dienone is 5. The fourth-order valence-electron chi connectivity index (χ4n) is 3.57. The lowest BCUT2D eigenvalue weighted by Gasteiger charge is -2.38. The van der Waals surface area contributed by atoms with Gasteiger partial charge in [-0.1, -0.05) is 38.1 Å². The Morgan fingerprint density at radius 1 is 1.27 bits per heavy atom. The van der Waals surface area contributed by atoms with Crippen LogP contribution in [0.25, 0.3) is 0 Å². The molecule has 158 valence electrons. The van der Waals surface area contributed by atoms with Crippen molar-refractivity contribution >= 4 is 38.5 Å². The number of amidine groups is 1. The second-order valence-corrected chi connectivity index (χ2v) is 8.13. The number of piperazine rings is 1. The normalized spacial score (nSPS) is 19.2. The number of halogens is 3. The van der Waals surface area contributed by atoms with Crippen LogP contribution in [0.2, 0.25) is 5.02 Å². The number of carboxylic acids is 1. The maximum Gasteiger partial charge on any atom is 0.337 e. The molecule has 1 aromatic heterocycles. The predicted molar refractivity (Wildman–Crippen MR) is 112 cm³/mol. The van der Waals surface area contributed by atoms with Gasteiger partial charge >= 0.3 is 5.97 Å². The molecule has 4 rings (SSSR count). The van der Waals surface area contributed by atoms with Gasteiger partial charge in [0.05, 0.1) is 10.6 Å². The Kier molecular flexibility index (Phi) is 5.51. The minimum absolute atomic E-state index is 0.0132. The molecule has 1 N–H and O–H groups in total. The number of carbonyl (C=O) groups is 1. The summed E-state index contributed by atoms with van der Waals surface area (Å²) in [5.74, 6) is 0.303. The first-order valence-electron chi connectivity index (χ1n) is 9.15. The Balaban J connectivity index is 1.54. The van der Waals surface area contributed by atoms with E-state index in [1.54, 1.807) is 21.4 Å². The minimum Gasteiger partial charge on any atom is -0.478 e. The van der Waals surface area contributed by atoms with Crippen LogP contribution in [0.5, 0.6) is 0 Å². The van der Waals surface area contributed by atoms with E-state index in [0.717, 1.165) is 0 Å². The summed E-state index contributed by atoms with van der Waals surface area (Å²) in [4.78, 5) is 24.4. The molecule has 0 radical (unpaired) electrons. The lowest BCUT2D eigenvalue weighted by molar-refractivity contribution is 0.0696. The van der Waals surface area contributed by atoms with E-state index in [0.29, 0.717) is 49.2 Å². The molecule has 3 heterocycles. The van der Waals surface area contributed by atoms with Crippen LogP contribution >= 0.6 is 20.8 Å². The maximum absolute atomic E-state index is 14.2. The van der Waals surface area contributed by atoms with E-state index in [4.69, 9.17) is 21.5 Å². The third-order valence-electron chi connectivity index (χ3n) is 5.05. The Hall–Kier alpha value is -2.51. The van der Waals surface area contributed by atoms with Gasteiger partial charge in [-0.2, -0.15) is 8.78 Å². The van der Waals surface area contributed by atoms with Gasteiger partial charge in [0.2, 0.25) is 0 Å². The van der Waals surface area contributed by atoms with Crippen molar-refractivity contribution in [1.82, 2.24) is 9.88 Å².